The lowest BCUT2D eigenvalue weighted by atomic mass is 9.87. The number of hydrogen-bond acceptors (Lipinski definition) is 10. The molecule has 1 atom stereocenters. The Balaban J connectivity index is 1.37. The second kappa shape index (κ2) is 12.6. The van der Waals surface area contributed by atoms with Crippen molar-refractivity contribution in [3.05, 3.63) is 47.6 Å². The molecule has 0 unspecified atom stereocenters. The molecule has 0 aromatic carbocycles. The van der Waals surface area contributed by atoms with Crippen molar-refractivity contribution in [2.75, 3.05) is 31.5 Å². The summed E-state index contributed by atoms with van der Waals surface area (Å²) < 4.78 is 34.1. The maximum atomic E-state index is 13.5. The van der Waals surface area contributed by atoms with Crippen molar-refractivity contribution in [1.82, 2.24) is 30.2 Å². The first-order chi connectivity index (χ1) is 19.3. The van der Waals surface area contributed by atoms with Crippen LogP contribution in [0.15, 0.2) is 36.9 Å². The van der Waals surface area contributed by atoms with Crippen LogP contribution >= 0.6 is 11.3 Å². The van der Waals surface area contributed by atoms with Gasteiger partial charge in [0.25, 0.3) is 5.91 Å². The number of nitrogens with one attached hydrogen (secondary N) is 2. The third-order valence-corrected chi connectivity index (χ3v) is 10.4. The minimum absolute atomic E-state index is 0.141. The molecule has 2 N–H and O–H groups in total. The molecule has 4 heterocycles. The molecule has 1 saturated heterocycles. The molecule has 3 aromatic rings. The van der Waals surface area contributed by atoms with Crippen molar-refractivity contribution >= 4 is 33.0 Å². The number of thiazole rings is 1. The molecular weight excluding hydrogens is 550 g/mol. The van der Waals surface area contributed by atoms with Gasteiger partial charge in [0.05, 0.1) is 46.6 Å². The van der Waals surface area contributed by atoms with Crippen LogP contribution in [0.4, 0.5) is 5.69 Å². The fourth-order valence-electron chi connectivity index (χ4n) is 5.31. The van der Waals surface area contributed by atoms with Gasteiger partial charge in [0, 0.05) is 12.4 Å². The lowest BCUT2D eigenvalue weighted by Gasteiger charge is -2.34. The highest BCUT2D eigenvalue weighted by molar-refractivity contribution is 7.93. The predicted molar refractivity (Wildman–Crippen MR) is 154 cm³/mol. The van der Waals surface area contributed by atoms with Crippen molar-refractivity contribution in [3.8, 4) is 16.5 Å². The molecule has 13 heteroatoms. The second-order valence-electron chi connectivity index (χ2n) is 10.3. The molecular formula is C27H35N7O4S2. The molecule has 2 fully saturated rings. The van der Waals surface area contributed by atoms with E-state index in [1.165, 1.54) is 11.3 Å². The average Bonchev–Trinajstić information content (AvgIpc) is 3.66. The third-order valence-electron chi connectivity index (χ3n) is 7.48. The number of likely N-dealkylation sites (tertiary alicyclic amines) is 1. The Labute approximate surface area is 238 Å². The van der Waals surface area contributed by atoms with E-state index in [-0.39, 0.29) is 17.1 Å². The molecule has 0 bridgehead atoms. The summed E-state index contributed by atoms with van der Waals surface area (Å²) >= 11 is 1.23. The predicted octanol–water partition coefficient (Wildman–Crippen LogP) is 3.89. The fourth-order valence-corrected chi connectivity index (χ4v) is 7.66. The van der Waals surface area contributed by atoms with Gasteiger partial charge in [-0.1, -0.05) is 12.8 Å². The van der Waals surface area contributed by atoms with E-state index in [0.29, 0.717) is 52.3 Å². The second-order valence-corrected chi connectivity index (χ2v) is 13.3. The van der Waals surface area contributed by atoms with Crippen LogP contribution < -0.4 is 14.8 Å². The molecule has 2 aliphatic rings. The van der Waals surface area contributed by atoms with Crippen molar-refractivity contribution < 1.29 is 17.9 Å². The van der Waals surface area contributed by atoms with Gasteiger partial charge in [-0.25, -0.2) is 18.4 Å². The Morgan fingerprint density at radius 1 is 1.15 bits per heavy atom. The highest BCUT2D eigenvalue weighted by Crippen LogP contribution is 2.33. The van der Waals surface area contributed by atoms with E-state index in [4.69, 9.17) is 4.74 Å². The van der Waals surface area contributed by atoms with Gasteiger partial charge >= 0.3 is 0 Å². The van der Waals surface area contributed by atoms with Gasteiger partial charge in [-0.3, -0.25) is 19.5 Å². The van der Waals surface area contributed by atoms with Crippen molar-refractivity contribution in [2.45, 2.75) is 56.7 Å². The smallest absolute Gasteiger partial charge is 0.280 e. The molecule has 1 aliphatic heterocycles. The van der Waals surface area contributed by atoms with Crippen LogP contribution in [0.2, 0.25) is 0 Å². The van der Waals surface area contributed by atoms with Gasteiger partial charge in [-0.2, -0.15) is 0 Å². The van der Waals surface area contributed by atoms with E-state index in [9.17, 15) is 13.2 Å². The maximum absolute atomic E-state index is 13.5. The SMILES string of the molecule is CCOc1cncc(-c2cnc(C(=O)N[C@H](c3cc(NS(=O)(=O)C4CCCC4)ccn3)C3CCN(C)CC3)s2)n1. The number of amides is 1. The number of hydrogen-bond donors (Lipinski definition) is 2. The molecule has 214 valence electrons. The lowest BCUT2D eigenvalue weighted by molar-refractivity contribution is 0.0898. The maximum Gasteiger partial charge on any atom is 0.280 e. The summed E-state index contributed by atoms with van der Waals surface area (Å²) in [6.07, 6.45) is 11.3. The van der Waals surface area contributed by atoms with Gasteiger partial charge in [0.2, 0.25) is 15.9 Å². The topological polar surface area (TPSA) is 139 Å². The summed E-state index contributed by atoms with van der Waals surface area (Å²) in [6, 6.07) is 3.01. The quantitative estimate of drug-likeness (QED) is 0.363. The number of rotatable bonds is 10. The van der Waals surface area contributed by atoms with Crippen LogP contribution in [-0.2, 0) is 10.0 Å². The Bertz CT molecular complexity index is 1420. The number of piperidine rings is 1. The van der Waals surface area contributed by atoms with E-state index in [0.717, 1.165) is 38.8 Å². The summed E-state index contributed by atoms with van der Waals surface area (Å²) in [5.74, 6) is 0.242. The van der Waals surface area contributed by atoms with E-state index in [2.05, 4.69) is 41.9 Å². The zero-order valence-corrected chi connectivity index (χ0v) is 24.4. The largest absolute Gasteiger partial charge is 0.477 e. The number of nitrogens with zero attached hydrogens (tertiary/aromatic N) is 5. The normalized spacial score (nSPS) is 17.9. The Hall–Kier alpha value is -3.16. The number of ether oxygens (including phenoxy) is 1. The minimum atomic E-state index is -3.48. The van der Waals surface area contributed by atoms with Crippen LogP contribution in [0, 0.1) is 5.92 Å². The monoisotopic (exact) mass is 585 g/mol. The first kappa shape index (κ1) is 28.4. The van der Waals surface area contributed by atoms with Crippen LogP contribution in [0.5, 0.6) is 5.88 Å². The highest BCUT2D eigenvalue weighted by Gasteiger charge is 2.32. The van der Waals surface area contributed by atoms with Crippen LogP contribution in [0.1, 0.15) is 67.0 Å². The summed E-state index contributed by atoms with van der Waals surface area (Å²) in [7, 11) is -1.40. The molecule has 1 amide bonds. The molecule has 1 aliphatic carbocycles. The molecule has 1 saturated carbocycles. The molecule has 5 rings (SSSR count). The Morgan fingerprint density at radius 2 is 1.93 bits per heavy atom. The van der Waals surface area contributed by atoms with Gasteiger partial charge in [0.15, 0.2) is 5.01 Å². The summed E-state index contributed by atoms with van der Waals surface area (Å²) in [6.45, 7) is 4.16. The lowest BCUT2D eigenvalue weighted by Crippen LogP contribution is -2.40. The number of carbonyl (C=O) groups excluding carboxylic acids is 1. The Kier molecular flexibility index (Phi) is 8.91. The number of sulfonamides is 1. The number of anilines is 1. The van der Waals surface area contributed by atoms with Gasteiger partial charge in [-0.15, -0.1) is 11.3 Å². The summed E-state index contributed by atoms with van der Waals surface area (Å²) in [5, 5.41) is 3.10. The highest BCUT2D eigenvalue weighted by atomic mass is 32.2. The van der Waals surface area contributed by atoms with Gasteiger partial charge in [-0.05, 0) is 70.8 Å². The molecule has 40 heavy (non-hydrogen) atoms. The standard InChI is InChI=1S/C27H35N7O4S2/c1-3-38-24-17-28-15-22(31-24)23-16-30-27(39-23)26(35)32-25(18-9-12-34(2)13-10-18)21-14-19(8-11-29-21)33-40(36,37)20-6-4-5-7-20/h8,11,14-18,20,25H,3-7,9-10,12-13H2,1-2H3,(H,29,33)(H,32,35)/t25-/m0/s1. The Morgan fingerprint density at radius 3 is 2.67 bits per heavy atom. The molecule has 3 aromatic heterocycles. The number of carbonyl (C=O) groups is 1. The minimum Gasteiger partial charge on any atom is -0.477 e. The first-order valence-corrected chi connectivity index (χ1v) is 16.1. The van der Waals surface area contributed by atoms with E-state index in [1.54, 1.807) is 36.9 Å². The van der Waals surface area contributed by atoms with E-state index in [1.807, 2.05) is 6.92 Å². The van der Waals surface area contributed by atoms with Crippen LogP contribution in [-0.4, -0.2) is 71.2 Å². The van der Waals surface area contributed by atoms with Gasteiger partial charge < -0.3 is 15.0 Å². The zero-order valence-electron chi connectivity index (χ0n) is 22.7. The summed E-state index contributed by atoms with van der Waals surface area (Å²) in [5.41, 5.74) is 1.67. The first-order valence-electron chi connectivity index (χ1n) is 13.7. The van der Waals surface area contributed by atoms with Crippen molar-refractivity contribution in [2.24, 2.45) is 5.92 Å². The van der Waals surface area contributed by atoms with Crippen molar-refractivity contribution in [3.63, 3.8) is 0 Å². The molecule has 0 spiro atoms. The van der Waals surface area contributed by atoms with Crippen LogP contribution in [0.25, 0.3) is 10.6 Å². The third kappa shape index (κ3) is 6.76. The fraction of sp³-hybridized carbons (Fsp3) is 0.519. The number of pyridine rings is 1. The molecule has 0 radical (unpaired) electrons. The van der Waals surface area contributed by atoms with E-state index < -0.39 is 16.1 Å². The van der Waals surface area contributed by atoms with E-state index >= 15 is 0 Å². The van der Waals surface area contributed by atoms with Gasteiger partial charge in [0.1, 0.15) is 5.69 Å². The molecule has 11 nitrogen and oxygen atoms in total. The van der Waals surface area contributed by atoms with Crippen molar-refractivity contribution in [1.29, 1.82) is 0 Å². The summed E-state index contributed by atoms with van der Waals surface area (Å²) in [4.78, 5) is 34.0. The average molecular weight is 586 g/mol. The zero-order chi connectivity index (χ0) is 28.1. The van der Waals surface area contributed by atoms with Crippen LogP contribution in [0.3, 0.4) is 0 Å². The number of aromatic nitrogens is 4.